The summed E-state index contributed by atoms with van der Waals surface area (Å²) in [7, 11) is 0. The van der Waals surface area contributed by atoms with E-state index in [0.29, 0.717) is 5.56 Å². The Labute approximate surface area is 121 Å². The molecule has 0 aromatic heterocycles. The number of carboxylic acid groups (broad SMARTS) is 1. The first-order chi connectivity index (χ1) is 9.47. The fourth-order valence-electron chi connectivity index (χ4n) is 1.58. The number of carbonyl (C=O) groups is 1. The van der Waals surface area contributed by atoms with Gasteiger partial charge in [-0.2, -0.15) is 0 Å². The number of rotatable bonds is 4. The van der Waals surface area contributed by atoms with Crippen LogP contribution in [0.4, 0.5) is 8.78 Å². The summed E-state index contributed by atoms with van der Waals surface area (Å²) in [5, 5.41) is 8.97. The zero-order valence-electron chi connectivity index (χ0n) is 10.1. The lowest BCUT2D eigenvalue weighted by molar-refractivity contribution is 0.0691. The number of benzene rings is 2. The molecule has 1 N–H and O–H groups in total. The molecule has 0 fully saturated rings. The molecule has 0 heterocycles. The van der Waals surface area contributed by atoms with E-state index in [1.807, 2.05) is 0 Å². The highest BCUT2D eigenvalue weighted by Crippen LogP contribution is 2.22. The Hall–Kier alpha value is -1.95. The monoisotopic (exact) mass is 342 g/mol. The van der Waals surface area contributed by atoms with Crippen molar-refractivity contribution < 1.29 is 23.4 Å². The minimum Gasteiger partial charge on any atom is -0.488 e. The van der Waals surface area contributed by atoms with Crippen molar-refractivity contribution in [2.75, 3.05) is 0 Å². The standard InChI is InChI=1S/C14H9BrF2O3/c15-11-5-8(1-4-12(11)17)7-20-13-6-9(16)2-3-10(13)14(18)19/h1-6H,7H2,(H,18,19). The Morgan fingerprint density at radius 2 is 1.95 bits per heavy atom. The quantitative estimate of drug-likeness (QED) is 0.913. The van der Waals surface area contributed by atoms with Gasteiger partial charge in [-0.25, -0.2) is 13.6 Å². The van der Waals surface area contributed by atoms with Crippen molar-refractivity contribution in [1.82, 2.24) is 0 Å². The van der Waals surface area contributed by atoms with Crippen molar-refractivity contribution in [3.63, 3.8) is 0 Å². The third-order valence-corrected chi connectivity index (χ3v) is 3.16. The van der Waals surface area contributed by atoms with Gasteiger partial charge in [0.2, 0.25) is 0 Å². The Balaban J connectivity index is 2.20. The predicted molar refractivity (Wildman–Crippen MR) is 71.8 cm³/mol. The largest absolute Gasteiger partial charge is 0.488 e. The predicted octanol–water partition coefficient (Wildman–Crippen LogP) is 4.00. The Morgan fingerprint density at radius 1 is 1.20 bits per heavy atom. The van der Waals surface area contributed by atoms with E-state index in [1.54, 1.807) is 0 Å². The summed E-state index contributed by atoms with van der Waals surface area (Å²) in [4.78, 5) is 11.0. The van der Waals surface area contributed by atoms with E-state index in [9.17, 15) is 13.6 Å². The first-order valence-electron chi connectivity index (χ1n) is 5.57. The summed E-state index contributed by atoms with van der Waals surface area (Å²) in [5.74, 6) is -2.28. The summed E-state index contributed by atoms with van der Waals surface area (Å²) < 4.78 is 31.8. The van der Waals surface area contributed by atoms with Gasteiger partial charge in [0.1, 0.15) is 29.6 Å². The first kappa shape index (κ1) is 14.5. The second kappa shape index (κ2) is 6.00. The van der Waals surface area contributed by atoms with Gasteiger partial charge in [-0.3, -0.25) is 0 Å². The lowest BCUT2D eigenvalue weighted by Gasteiger charge is -2.09. The van der Waals surface area contributed by atoms with Crippen molar-refractivity contribution in [2.24, 2.45) is 0 Å². The molecular formula is C14H9BrF2O3. The average Bonchev–Trinajstić information content (AvgIpc) is 2.40. The van der Waals surface area contributed by atoms with Gasteiger partial charge >= 0.3 is 5.97 Å². The summed E-state index contributed by atoms with van der Waals surface area (Å²) in [6, 6.07) is 7.45. The molecule has 0 bridgehead atoms. The van der Waals surface area contributed by atoms with E-state index in [4.69, 9.17) is 9.84 Å². The van der Waals surface area contributed by atoms with E-state index in [2.05, 4.69) is 15.9 Å². The Bertz CT molecular complexity index is 659. The maximum absolute atomic E-state index is 13.1. The SMILES string of the molecule is O=C(O)c1ccc(F)cc1OCc1ccc(F)c(Br)c1. The van der Waals surface area contributed by atoms with Crippen LogP contribution in [-0.2, 0) is 6.61 Å². The molecule has 0 radical (unpaired) electrons. The molecule has 2 aromatic rings. The average molecular weight is 343 g/mol. The van der Waals surface area contributed by atoms with E-state index in [-0.39, 0.29) is 22.4 Å². The molecule has 2 aromatic carbocycles. The molecule has 6 heteroatoms. The van der Waals surface area contributed by atoms with Crippen LogP contribution in [-0.4, -0.2) is 11.1 Å². The minimum absolute atomic E-state index is 0.00259. The summed E-state index contributed by atoms with van der Waals surface area (Å²) >= 11 is 3.04. The molecule has 0 saturated heterocycles. The molecule has 2 rings (SSSR count). The summed E-state index contributed by atoms with van der Waals surface area (Å²) in [6.45, 7) is 0.00259. The van der Waals surface area contributed by atoms with E-state index < -0.39 is 17.6 Å². The molecule has 0 aliphatic rings. The zero-order chi connectivity index (χ0) is 14.7. The van der Waals surface area contributed by atoms with E-state index >= 15 is 0 Å². The molecule has 0 unspecified atom stereocenters. The van der Waals surface area contributed by atoms with Crippen LogP contribution in [0.1, 0.15) is 15.9 Å². The normalized spacial score (nSPS) is 10.3. The second-order valence-corrected chi connectivity index (χ2v) is 4.84. The maximum Gasteiger partial charge on any atom is 0.339 e. The van der Waals surface area contributed by atoms with Crippen molar-refractivity contribution in [3.05, 3.63) is 63.6 Å². The fourth-order valence-corrected chi connectivity index (χ4v) is 2.01. The highest BCUT2D eigenvalue weighted by atomic mass is 79.9. The van der Waals surface area contributed by atoms with Crippen LogP contribution >= 0.6 is 15.9 Å². The van der Waals surface area contributed by atoms with Crippen LogP contribution in [0.2, 0.25) is 0 Å². The maximum atomic E-state index is 13.1. The van der Waals surface area contributed by atoms with Crippen molar-refractivity contribution in [3.8, 4) is 5.75 Å². The number of aromatic carboxylic acids is 1. The van der Waals surface area contributed by atoms with Crippen molar-refractivity contribution >= 4 is 21.9 Å². The molecule has 3 nitrogen and oxygen atoms in total. The number of ether oxygens (including phenoxy) is 1. The number of hydrogen-bond acceptors (Lipinski definition) is 2. The van der Waals surface area contributed by atoms with Gasteiger partial charge in [-0.05, 0) is 45.8 Å². The molecule has 0 spiro atoms. The zero-order valence-corrected chi connectivity index (χ0v) is 11.7. The van der Waals surface area contributed by atoms with E-state index in [1.165, 1.54) is 18.2 Å². The number of hydrogen-bond donors (Lipinski definition) is 1. The molecule has 0 amide bonds. The molecular weight excluding hydrogens is 334 g/mol. The number of carboxylic acids is 1. The number of halogens is 3. The smallest absolute Gasteiger partial charge is 0.339 e. The van der Waals surface area contributed by atoms with Crippen molar-refractivity contribution in [2.45, 2.75) is 6.61 Å². The molecule has 0 saturated carbocycles. The second-order valence-electron chi connectivity index (χ2n) is 3.98. The van der Waals surface area contributed by atoms with Gasteiger partial charge in [0.05, 0.1) is 4.47 Å². The third kappa shape index (κ3) is 3.33. The molecule has 0 aliphatic carbocycles. The van der Waals surface area contributed by atoms with Crippen LogP contribution in [0.25, 0.3) is 0 Å². The topological polar surface area (TPSA) is 46.5 Å². The van der Waals surface area contributed by atoms with Gasteiger partial charge in [-0.15, -0.1) is 0 Å². The Kier molecular flexibility index (Phi) is 4.34. The Morgan fingerprint density at radius 3 is 2.60 bits per heavy atom. The summed E-state index contributed by atoms with van der Waals surface area (Å²) in [5.41, 5.74) is 0.492. The van der Waals surface area contributed by atoms with Gasteiger partial charge in [0, 0.05) is 6.07 Å². The van der Waals surface area contributed by atoms with Crippen LogP contribution in [0.5, 0.6) is 5.75 Å². The van der Waals surface area contributed by atoms with Gasteiger partial charge in [0.25, 0.3) is 0 Å². The first-order valence-corrected chi connectivity index (χ1v) is 6.36. The lowest BCUT2D eigenvalue weighted by atomic mass is 10.2. The van der Waals surface area contributed by atoms with Crippen LogP contribution in [0.15, 0.2) is 40.9 Å². The van der Waals surface area contributed by atoms with Crippen LogP contribution in [0, 0.1) is 11.6 Å². The highest BCUT2D eigenvalue weighted by molar-refractivity contribution is 9.10. The van der Waals surface area contributed by atoms with Gasteiger partial charge < -0.3 is 9.84 Å². The lowest BCUT2D eigenvalue weighted by Crippen LogP contribution is -2.04. The van der Waals surface area contributed by atoms with Crippen LogP contribution in [0.3, 0.4) is 0 Å². The third-order valence-electron chi connectivity index (χ3n) is 2.55. The van der Waals surface area contributed by atoms with Gasteiger partial charge in [-0.1, -0.05) is 6.07 Å². The highest BCUT2D eigenvalue weighted by Gasteiger charge is 2.12. The molecule has 0 atom stereocenters. The molecule has 104 valence electrons. The van der Waals surface area contributed by atoms with Crippen molar-refractivity contribution in [1.29, 1.82) is 0 Å². The molecule has 20 heavy (non-hydrogen) atoms. The molecule has 0 aliphatic heterocycles. The minimum atomic E-state index is -1.21. The summed E-state index contributed by atoms with van der Waals surface area (Å²) in [6.07, 6.45) is 0. The van der Waals surface area contributed by atoms with E-state index in [0.717, 1.165) is 18.2 Å². The van der Waals surface area contributed by atoms with Gasteiger partial charge in [0.15, 0.2) is 0 Å². The van der Waals surface area contributed by atoms with Crippen LogP contribution < -0.4 is 4.74 Å². The fraction of sp³-hybridized carbons (Fsp3) is 0.0714.